The van der Waals surface area contributed by atoms with Crippen molar-refractivity contribution in [2.45, 2.75) is 50.3 Å². The summed E-state index contributed by atoms with van der Waals surface area (Å²) in [7, 11) is -4.72. The van der Waals surface area contributed by atoms with Gasteiger partial charge in [0.1, 0.15) is 30.2 Å². The molecule has 170 valence electrons. The van der Waals surface area contributed by atoms with Gasteiger partial charge in [0.05, 0.1) is 19.5 Å². The van der Waals surface area contributed by atoms with Crippen LogP contribution >= 0.6 is 7.82 Å². The van der Waals surface area contributed by atoms with Crippen LogP contribution < -0.4 is 11.5 Å². The molecule has 0 spiro atoms. The van der Waals surface area contributed by atoms with Gasteiger partial charge in [-0.1, -0.05) is 6.92 Å². The second-order valence-corrected chi connectivity index (χ2v) is 8.32. The molecule has 0 aromatic carbocycles. The summed E-state index contributed by atoms with van der Waals surface area (Å²) in [5.41, 5.74) is 11.4. The molecule has 1 aliphatic heterocycles. The Morgan fingerprint density at radius 1 is 1.30 bits per heavy atom. The fourth-order valence-corrected chi connectivity index (χ4v) is 2.78. The lowest BCUT2D eigenvalue weighted by Crippen LogP contribution is -2.38. The van der Waals surface area contributed by atoms with E-state index in [1.54, 1.807) is 0 Å². The molecule has 1 unspecified atom stereocenters. The Balaban J connectivity index is 0.000000396. The molecule has 1 fully saturated rings. The van der Waals surface area contributed by atoms with Crippen LogP contribution in [-0.2, 0) is 13.8 Å². The third-order valence-electron chi connectivity index (χ3n) is 4.57. The number of fused-ring (bicyclic) bond motifs is 1. The first-order valence-electron chi connectivity index (χ1n) is 8.94. The molecule has 15 heteroatoms. The zero-order valence-corrected chi connectivity index (χ0v) is 17.3. The van der Waals surface area contributed by atoms with Crippen molar-refractivity contribution >= 4 is 24.8 Å². The van der Waals surface area contributed by atoms with Crippen molar-refractivity contribution in [3.63, 3.8) is 0 Å². The quantitative estimate of drug-likeness (QED) is 0.242. The molecular weight excluding hydrogens is 423 g/mol. The topological polar surface area (TPSA) is 232 Å². The first kappa shape index (κ1) is 24.5. The second-order valence-electron chi connectivity index (χ2n) is 7.08. The number of hydrogen-bond donors (Lipinski definition) is 7. The Bertz CT molecular complexity index is 883. The number of rotatable bonds is 6. The standard InChI is InChI=1S/C10H14N5O7P.C5H13NO/c11-8-5-9(13-2-12-8)15(3-14-5)10-7(17)6(16)4(22-10)1-21-23(18,19)20;1-3-5(2,6)4-7/h2-4,6-7,10,16-17H,1H2,(H2,11,12,13)(H2,18,19,20);7H,3-4,6H2,1-2H3/t4-,6-,7-,10-;/m1./s1. The van der Waals surface area contributed by atoms with Crippen molar-refractivity contribution in [3.05, 3.63) is 12.7 Å². The summed E-state index contributed by atoms with van der Waals surface area (Å²) in [5, 5.41) is 28.5. The molecule has 2 aromatic heterocycles. The number of nitrogens with zero attached hydrogens (tertiary/aromatic N) is 4. The molecule has 0 radical (unpaired) electrons. The predicted molar refractivity (Wildman–Crippen MR) is 104 cm³/mol. The number of ether oxygens (including phenoxy) is 1. The molecule has 2 aromatic rings. The smallest absolute Gasteiger partial charge is 0.394 e. The summed E-state index contributed by atoms with van der Waals surface area (Å²) in [6.07, 6.45) is -1.67. The highest BCUT2D eigenvalue weighted by Crippen LogP contribution is 2.38. The van der Waals surface area contributed by atoms with Crippen molar-refractivity contribution in [1.82, 2.24) is 19.5 Å². The van der Waals surface area contributed by atoms with Crippen LogP contribution in [0.2, 0.25) is 0 Å². The van der Waals surface area contributed by atoms with E-state index in [-0.39, 0.29) is 23.6 Å². The third-order valence-corrected chi connectivity index (χ3v) is 5.06. The number of hydrogen-bond acceptors (Lipinski definition) is 11. The molecule has 0 amide bonds. The van der Waals surface area contributed by atoms with E-state index in [1.165, 1.54) is 17.2 Å². The number of imidazole rings is 1. The van der Waals surface area contributed by atoms with Gasteiger partial charge in [0.2, 0.25) is 0 Å². The Hall–Kier alpha value is -1.74. The minimum Gasteiger partial charge on any atom is -0.394 e. The average molecular weight is 450 g/mol. The zero-order valence-electron chi connectivity index (χ0n) is 16.4. The van der Waals surface area contributed by atoms with Gasteiger partial charge in [-0.25, -0.2) is 19.5 Å². The summed E-state index contributed by atoms with van der Waals surface area (Å²) < 4.78 is 21.8. The summed E-state index contributed by atoms with van der Waals surface area (Å²) in [4.78, 5) is 29.2. The first-order chi connectivity index (χ1) is 13.9. The number of phosphoric ester groups is 1. The lowest BCUT2D eigenvalue weighted by Gasteiger charge is -2.17. The van der Waals surface area contributed by atoms with E-state index in [0.29, 0.717) is 5.52 Å². The van der Waals surface area contributed by atoms with Gasteiger partial charge >= 0.3 is 7.82 Å². The van der Waals surface area contributed by atoms with Crippen molar-refractivity contribution < 1.29 is 38.9 Å². The van der Waals surface area contributed by atoms with E-state index in [2.05, 4.69) is 19.5 Å². The van der Waals surface area contributed by atoms with Gasteiger partial charge < -0.3 is 41.3 Å². The molecule has 14 nitrogen and oxygen atoms in total. The number of phosphoric acid groups is 1. The molecule has 9 N–H and O–H groups in total. The van der Waals surface area contributed by atoms with Gasteiger partial charge in [0.25, 0.3) is 0 Å². The number of nitrogens with two attached hydrogens (primary N) is 2. The molecule has 1 aliphatic rings. The fraction of sp³-hybridized carbons (Fsp3) is 0.667. The largest absolute Gasteiger partial charge is 0.469 e. The maximum atomic E-state index is 10.7. The molecule has 0 aliphatic carbocycles. The fourth-order valence-electron chi connectivity index (χ4n) is 2.44. The molecule has 3 heterocycles. The minimum atomic E-state index is -4.72. The van der Waals surface area contributed by atoms with Crippen molar-refractivity contribution in [3.8, 4) is 0 Å². The Morgan fingerprint density at radius 2 is 1.97 bits per heavy atom. The van der Waals surface area contributed by atoms with Crippen LogP contribution in [0.4, 0.5) is 5.82 Å². The van der Waals surface area contributed by atoms with Crippen LogP contribution in [0.1, 0.15) is 26.5 Å². The molecule has 5 atom stereocenters. The summed E-state index contributed by atoms with van der Waals surface area (Å²) in [5.74, 6) is 0.142. The van der Waals surface area contributed by atoms with E-state index < -0.39 is 39.0 Å². The van der Waals surface area contributed by atoms with E-state index in [0.717, 1.165) is 6.42 Å². The highest BCUT2D eigenvalue weighted by molar-refractivity contribution is 7.46. The van der Waals surface area contributed by atoms with Crippen LogP contribution in [0, 0.1) is 0 Å². The van der Waals surface area contributed by atoms with Crippen molar-refractivity contribution in [2.75, 3.05) is 18.9 Å². The number of aliphatic hydroxyl groups excluding tert-OH is 3. The number of aromatic nitrogens is 4. The van der Waals surface area contributed by atoms with Gasteiger partial charge in [-0.3, -0.25) is 9.09 Å². The van der Waals surface area contributed by atoms with Gasteiger partial charge in [0.15, 0.2) is 17.7 Å². The molecule has 1 saturated heterocycles. The lowest BCUT2D eigenvalue weighted by molar-refractivity contribution is -0.0504. The minimum absolute atomic E-state index is 0.0729. The molecule has 30 heavy (non-hydrogen) atoms. The highest BCUT2D eigenvalue weighted by Gasteiger charge is 2.45. The van der Waals surface area contributed by atoms with Crippen molar-refractivity contribution in [2.24, 2.45) is 5.73 Å². The monoisotopic (exact) mass is 450 g/mol. The van der Waals surface area contributed by atoms with E-state index in [9.17, 15) is 14.8 Å². The number of aliphatic hydroxyl groups is 3. The van der Waals surface area contributed by atoms with Gasteiger partial charge in [-0.15, -0.1) is 0 Å². The van der Waals surface area contributed by atoms with Crippen LogP contribution in [0.3, 0.4) is 0 Å². The summed E-state index contributed by atoms with van der Waals surface area (Å²) >= 11 is 0. The van der Waals surface area contributed by atoms with Crippen LogP contribution in [-0.4, -0.2) is 81.7 Å². The molecule has 0 bridgehead atoms. The van der Waals surface area contributed by atoms with Crippen LogP contribution in [0.25, 0.3) is 11.2 Å². The summed E-state index contributed by atoms with van der Waals surface area (Å²) in [6.45, 7) is 3.26. The third kappa shape index (κ3) is 5.91. The normalized spacial score (nSPS) is 26.3. The van der Waals surface area contributed by atoms with E-state index >= 15 is 0 Å². The first-order valence-corrected chi connectivity index (χ1v) is 10.5. The van der Waals surface area contributed by atoms with E-state index in [4.69, 9.17) is 31.1 Å². The Labute approximate surface area is 171 Å². The SMILES string of the molecule is CCC(C)(N)CO.Nc1ncnc2c1ncn2[C@@H]1O[C@H](COP(=O)(O)O)[C@@H](O)[C@H]1O. The van der Waals surface area contributed by atoms with E-state index in [1.807, 2.05) is 13.8 Å². The van der Waals surface area contributed by atoms with Crippen molar-refractivity contribution in [1.29, 1.82) is 0 Å². The van der Waals surface area contributed by atoms with Gasteiger partial charge in [-0.2, -0.15) is 0 Å². The number of anilines is 1. The Kier molecular flexibility index (Phi) is 7.85. The number of nitrogen functional groups attached to an aromatic ring is 1. The predicted octanol–water partition coefficient (Wildman–Crippen LogP) is -1.76. The van der Waals surface area contributed by atoms with Gasteiger partial charge in [-0.05, 0) is 13.3 Å². The molecule has 0 saturated carbocycles. The maximum Gasteiger partial charge on any atom is 0.469 e. The maximum absolute atomic E-state index is 10.7. The summed E-state index contributed by atoms with van der Waals surface area (Å²) in [6, 6.07) is 0. The van der Waals surface area contributed by atoms with Crippen LogP contribution in [0.15, 0.2) is 12.7 Å². The zero-order chi connectivity index (χ0) is 22.7. The molecular formula is C15H27N6O8P. The second kappa shape index (κ2) is 9.60. The highest BCUT2D eigenvalue weighted by atomic mass is 31.2. The Morgan fingerprint density at radius 3 is 2.50 bits per heavy atom. The molecule has 3 rings (SSSR count). The van der Waals surface area contributed by atoms with Gasteiger partial charge in [0, 0.05) is 5.54 Å². The van der Waals surface area contributed by atoms with Crippen LogP contribution in [0.5, 0.6) is 0 Å². The lowest BCUT2D eigenvalue weighted by atomic mass is 10.0. The average Bonchev–Trinajstić information content (AvgIpc) is 3.23.